The van der Waals surface area contributed by atoms with Crippen molar-refractivity contribution in [2.24, 2.45) is 0 Å². The minimum absolute atomic E-state index is 0.115. The lowest BCUT2D eigenvalue weighted by Crippen LogP contribution is -2.10. The number of nitrogens with zero attached hydrogens (tertiary/aromatic N) is 3. The van der Waals surface area contributed by atoms with Crippen LogP contribution in [0, 0.1) is 0 Å². The second-order valence-electron chi connectivity index (χ2n) is 17.4. The zero-order valence-electron chi connectivity index (χ0n) is 34.5. The third-order valence-corrected chi connectivity index (χ3v) is 12.8. The second-order valence-corrected chi connectivity index (χ2v) is 17.4. The van der Waals surface area contributed by atoms with Gasteiger partial charge < -0.3 is 13.7 Å². The molecule has 61 heavy (non-hydrogen) atoms. The number of benzene rings is 9. The molecule has 0 amide bonds. The third-order valence-electron chi connectivity index (χ3n) is 12.8. The van der Waals surface area contributed by atoms with Crippen LogP contribution in [0.4, 0.5) is 0 Å². The van der Waals surface area contributed by atoms with Gasteiger partial charge in [-0.05, 0) is 94.4 Å². The molecule has 0 N–H and O–H groups in total. The molecule has 0 atom stereocenters. The highest BCUT2D eigenvalue weighted by atomic mass is 15.0. The van der Waals surface area contributed by atoms with E-state index in [4.69, 9.17) is 0 Å². The van der Waals surface area contributed by atoms with E-state index < -0.39 is 0 Å². The molecule has 12 rings (SSSR count). The highest BCUT2D eigenvalue weighted by Crippen LogP contribution is 2.44. The van der Waals surface area contributed by atoms with Crippen LogP contribution < -0.4 is 0 Å². The zero-order valence-corrected chi connectivity index (χ0v) is 34.5. The Balaban J connectivity index is 1.07. The minimum atomic E-state index is 0.115. The van der Waals surface area contributed by atoms with Crippen molar-refractivity contribution in [1.82, 2.24) is 13.7 Å². The van der Waals surface area contributed by atoms with Crippen LogP contribution >= 0.6 is 0 Å². The maximum atomic E-state index is 2.47. The molecule has 0 unspecified atom stereocenters. The van der Waals surface area contributed by atoms with Crippen molar-refractivity contribution in [3.05, 3.63) is 212 Å². The summed E-state index contributed by atoms with van der Waals surface area (Å²) in [5.41, 5.74) is 17.0. The molecule has 3 nitrogen and oxygen atoms in total. The predicted octanol–water partition coefficient (Wildman–Crippen LogP) is 15.6. The van der Waals surface area contributed by atoms with Gasteiger partial charge in [0.2, 0.25) is 0 Å². The molecule has 0 fully saturated rings. The minimum Gasteiger partial charge on any atom is -0.309 e. The van der Waals surface area contributed by atoms with Crippen LogP contribution in [-0.2, 0) is 5.41 Å². The fourth-order valence-corrected chi connectivity index (χ4v) is 9.95. The molecule has 0 radical (unpaired) electrons. The van der Waals surface area contributed by atoms with Crippen molar-refractivity contribution in [3.63, 3.8) is 0 Å². The van der Waals surface area contributed by atoms with Gasteiger partial charge in [-0.15, -0.1) is 0 Å². The molecule has 3 aromatic heterocycles. The van der Waals surface area contributed by atoms with Crippen LogP contribution in [-0.4, -0.2) is 13.7 Å². The fourth-order valence-electron chi connectivity index (χ4n) is 9.95. The van der Waals surface area contributed by atoms with Gasteiger partial charge in [-0.1, -0.05) is 160 Å². The van der Waals surface area contributed by atoms with Crippen molar-refractivity contribution in [2.75, 3.05) is 0 Å². The van der Waals surface area contributed by atoms with Gasteiger partial charge in [-0.3, -0.25) is 0 Å². The van der Waals surface area contributed by atoms with Crippen molar-refractivity contribution in [3.8, 4) is 39.3 Å². The molecule has 3 heterocycles. The molecule has 0 saturated carbocycles. The summed E-state index contributed by atoms with van der Waals surface area (Å²) in [5, 5.41) is 7.51. The lowest BCUT2D eigenvalue weighted by Gasteiger charge is -2.19. The van der Waals surface area contributed by atoms with Crippen LogP contribution in [0.1, 0.15) is 26.3 Å². The summed E-state index contributed by atoms with van der Waals surface area (Å²) in [4.78, 5) is 0. The molecule has 3 heteroatoms. The monoisotopic (exact) mass is 781 g/mol. The standard InChI is InChI=1S/C58H43N3/c1-58(2,3)41-30-28-38(29-31-41)40-18-15-19-42(36-40)59-50-25-12-8-21-45(50)48-37-43(32-33-53(48)59)60-51-26-13-9-22-46(51)56-54(60)34-35-55-57(56)47-23-10-14-27-52(47)61(55)49-24-11-7-20-44(49)39-16-5-4-6-17-39/h4-37H,1-3H3. The van der Waals surface area contributed by atoms with E-state index in [0.717, 1.165) is 11.4 Å². The van der Waals surface area contributed by atoms with Gasteiger partial charge in [-0.2, -0.15) is 0 Å². The maximum absolute atomic E-state index is 2.47. The Labute approximate surface area is 355 Å². The molecule has 12 aromatic rings. The normalized spacial score (nSPS) is 12.2. The average molecular weight is 782 g/mol. The van der Waals surface area contributed by atoms with E-state index in [-0.39, 0.29) is 5.41 Å². The average Bonchev–Trinajstić information content (AvgIpc) is 3.94. The molecular weight excluding hydrogens is 739 g/mol. The first kappa shape index (κ1) is 35.3. The lowest BCUT2D eigenvalue weighted by molar-refractivity contribution is 0.590. The molecular formula is C58H43N3. The number of aromatic nitrogens is 3. The SMILES string of the molecule is CC(C)(C)c1ccc(-c2cccc(-n3c4ccccc4c4cc(-n5c6ccccc6c6c7c8ccccc8n(-c8ccccc8-c8ccccc8)c7ccc65)ccc43)c2)cc1. The van der Waals surface area contributed by atoms with Gasteiger partial charge in [0.15, 0.2) is 0 Å². The summed E-state index contributed by atoms with van der Waals surface area (Å²) >= 11 is 0. The first-order valence-corrected chi connectivity index (χ1v) is 21.3. The molecule has 0 spiro atoms. The molecule has 9 aromatic carbocycles. The number of fused-ring (bicyclic) bond motifs is 10. The van der Waals surface area contributed by atoms with E-state index in [1.807, 2.05) is 0 Å². The van der Waals surface area contributed by atoms with Gasteiger partial charge in [0.1, 0.15) is 0 Å². The highest BCUT2D eigenvalue weighted by molar-refractivity contribution is 6.29. The van der Waals surface area contributed by atoms with Gasteiger partial charge >= 0.3 is 0 Å². The van der Waals surface area contributed by atoms with E-state index in [9.17, 15) is 0 Å². The summed E-state index contributed by atoms with van der Waals surface area (Å²) in [6.45, 7) is 6.80. The van der Waals surface area contributed by atoms with Crippen LogP contribution in [0.5, 0.6) is 0 Å². The summed E-state index contributed by atoms with van der Waals surface area (Å²) in [6.07, 6.45) is 0. The second kappa shape index (κ2) is 13.5. The van der Waals surface area contributed by atoms with E-state index in [0.29, 0.717) is 0 Å². The van der Waals surface area contributed by atoms with Crippen LogP contribution in [0.15, 0.2) is 206 Å². The van der Waals surface area contributed by atoms with Crippen LogP contribution in [0.2, 0.25) is 0 Å². The van der Waals surface area contributed by atoms with Gasteiger partial charge in [0.25, 0.3) is 0 Å². The summed E-state index contributed by atoms with van der Waals surface area (Å²) in [6, 6.07) is 75.9. The summed E-state index contributed by atoms with van der Waals surface area (Å²) in [7, 11) is 0. The van der Waals surface area contributed by atoms with Crippen LogP contribution in [0.3, 0.4) is 0 Å². The predicted molar refractivity (Wildman–Crippen MR) is 259 cm³/mol. The van der Waals surface area contributed by atoms with Gasteiger partial charge in [0.05, 0.1) is 38.8 Å². The molecule has 0 aliphatic heterocycles. The van der Waals surface area contributed by atoms with E-state index in [2.05, 4.69) is 241 Å². The Kier molecular flexibility index (Phi) is 7.79. The van der Waals surface area contributed by atoms with Crippen LogP contribution in [0.25, 0.3) is 105 Å². The Morgan fingerprint density at radius 3 is 1.52 bits per heavy atom. The number of rotatable bonds is 5. The zero-order chi connectivity index (χ0) is 40.8. The Bertz CT molecular complexity index is 3660. The van der Waals surface area contributed by atoms with Gasteiger partial charge in [0, 0.05) is 49.3 Å². The number of hydrogen-bond donors (Lipinski definition) is 0. The Hall–Kier alpha value is -7.62. The first-order valence-electron chi connectivity index (χ1n) is 21.3. The Morgan fingerprint density at radius 1 is 0.311 bits per heavy atom. The van der Waals surface area contributed by atoms with Crippen molar-refractivity contribution >= 4 is 65.4 Å². The Morgan fingerprint density at radius 2 is 0.820 bits per heavy atom. The smallest absolute Gasteiger partial charge is 0.0549 e. The number of para-hydroxylation sites is 4. The third kappa shape index (κ3) is 5.44. The van der Waals surface area contributed by atoms with E-state index in [1.54, 1.807) is 0 Å². The molecule has 0 aliphatic rings. The quantitative estimate of drug-likeness (QED) is 0.165. The van der Waals surface area contributed by atoms with Crippen molar-refractivity contribution in [1.29, 1.82) is 0 Å². The molecule has 0 bridgehead atoms. The van der Waals surface area contributed by atoms with Crippen molar-refractivity contribution < 1.29 is 0 Å². The largest absolute Gasteiger partial charge is 0.309 e. The topological polar surface area (TPSA) is 14.8 Å². The highest BCUT2D eigenvalue weighted by Gasteiger charge is 2.23. The van der Waals surface area contributed by atoms with E-state index >= 15 is 0 Å². The van der Waals surface area contributed by atoms with E-state index in [1.165, 1.54) is 98.9 Å². The number of hydrogen-bond acceptors (Lipinski definition) is 0. The molecule has 0 aliphatic carbocycles. The summed E-state index contributed by atoms with van der Waals surface area (Å²) < 4.78 is 7.37. The molecule has 290 valence electrons. The first-order chi connectivity index (χ1) is 29.9. The fraction of sp³-hybridized carbons (Fsp3) is 0.0690. The summed E-state index contributed by atoms with van der Waals surface area (Å²) in [5.74, 6) is 0. The van der Waals surface area contributed by atoms with Gasteiger partial charge in [-0.25, -0.2) is 0 Å². The molecule has 0 saturated heterocycles. The van der Waals surface area contributed by atoms with Crippen molar-refractivity contribution in [2.45, 2.75) is 26.2 Å². The maximum Gasteiger partial charge on any atom is 0.0549 e. The lowest BCUT2D eigenvalue weighted by atomic mass is 9.86.